The van der Waals surface area contributed by atoms with Crippen LogP contribution in [0.3, 0.4) is 0 Å². The largest absolute Gasteiger partial charge is 0.341 e. The fraction of sp³-hybridized carbons (Fsp3) is 0.750. The summed E-state index contributed by atoms with van der Waals surface area (Å²) in [5.41, 5.74) is 8.68. The minimum Gasteiger partial charge on any atom is -0.341 e. The van der Waals surface area contributed by atoms with Crippen molar-refractivity contribution in [1.29, 1.82) is 0 Å². The zero-order chi connectivity index (χ0) is 13.7. The summed E-state index contributed by atoms with van der Waals surface area (Å²) in [6.45, 7) is 4.73. The Labute approximate surface area is 108 Å². The van der Waals surface area contributed by atoms with Crippen molar-refractivity contribution in [3.63, 3.8) is 0 Å². The molecule has 1 aliphatic rings. The Morgan fingerprint density at radius 3 is 2.67 bits per heavy atom. The first-order valence-electron chi connectivity index (χ1n) is 6.28. The Morgan fingerprint density at radius 1 is 1.50 bits per heavy atom. The molecule has 0 radical (unpaired) electrons. The van der Waals surface area contributed by atoms with Gasteiger partial charge in [0.1, 0.15) is 5.71 Å². The number of hydrazone groups is 1. The average molecular weight is 254 g/mol. The normalized spacial score (nSPS) is 17.2. The first-order chi connectivity index (χ1) is 8.41. The van der Waals surface area contributed by atoms with E-state index in [1.165, 1.54) is 0 Å². The minimum absolute atomic E-state index is 0.0910. The predicted octanol–water partition coefficient (Wildman–Crippen LogP) is 0.0842. The lowest BCUT2D eigenvalue weighted by atomic mass is 10.0. The highest BCUT2D eigenvalue weighted by Gasteiger charge is 2.21. The van der Waals surface area contributed by atoms with Gasteiger partial charge in [-0.05, 0) is 12.3 Å². The zero-order valence-electron chi connectivity index (χ0n) is 11.3. The van der Waals surface area contributed by atoms with Crippen LogP contribution in [0.25, 0.3) is 0 Å². The lowest BCUT2D eigenvalue weighted by molar-refractivity contribution is -0.123. The maximum Gasteiger partial charge on any atom is 0.269 e. The van der Waals surface area contributed by atoms with Crippen molar-refractivity contribution in [3.05, 3.63) is 0 Å². The van der Waals surface area contributed by atoms with E-state index in [2.05, 4.69) is 24.4 Å². The molecule has 1 atom stereocenters. The summed E-state index contributed by atoms with van der Waals surface area (Å²) in [4.78, 5) is 24.5. The van der Waals surface area contributed by atoms with Crippen molar-refractivity contribution in [1.82, 2.24) is 10.3 Å². The molecule has 2 amide bonds. The van der Waals surface area contributed by atoms with Crippen LogP contribution < -0.4 is 11.2 Å². The molecule has 0 spiro atoms. The number of nitrogens with two attached hydrogens (primary N) is 1. The van der Waals surface area contributed by atoms with Gasteiger partial charge in [-0.25, -0.2) is 5.43 Å². The molecule has 1 aliphatic heterocycles. The molecule has 1 unspecified atom stereocenters. The van der Waals surface area contributed by atoms with Crippen molar-refractivity contribution in [2.45, 2.75) is 39.2 Å². The van der Waals surface area contributed by atoms with Gasteiger partial charge < -0.3 is 10.6 Å². The van der Waals surface area contributed by atoms with Crippen LogP contribution in [0.2, 0.25) is 0 Å². The highest BCUT2D eigenvalue weighted by Crippen LogP contribution is 2.06. The van der Waals surface area contributed by atoms with Crippen LogP contribution in [0.5, 0.6) is 0 Å². The number of hydrogen-bond donors (Lipinski definition) is 2. The maximum absolute atomic E-state index is 12.0. The summed E-state index contributed by atoms with van der Waals surface area (Å²) < 4.78 is 0. The quantitative estimate of drug-likeness (QED) is 0.728. The van der Waals surface area contributed by atoms with Crippen LogP contribution >= 0.6 is 0 Å². The molecule has 0 aliphatic carbocycles. The zero-order valence-corrected chi connectivity index (χ0v) is 11.3. The fourth-order valence-electron chi connectivity index (χ4n) is 1.63. The summed E-state index contributed by atoms with van der Waals surface area (Å²) >= 11 is 0. The molecular formula is C12H22N4O2. The molecule has 3 N–H and O–H groups in total. The monoisotopic (exact) mass is 254 g/mol. The molecule has 6 nitrogen and oxygen atoms in total. The van der Waals surface area contributed by atoms with Gasteiger partial charge in [0.2, 0.25) is 5.91 Å². The second-order valence-corrected chi connectivity index (χ2v) is 5.02. The van der Waals surface area contributed by atoms with Gasteiger partial charge in [-0.2, -0.15) is 5.10 Å². The van der Waals surface area contributed by atoms with Crippen molar-refractivity contribution < 1.29 is 9.59 Å². The van der Waals surface area contributed by atoms with Gasteiger partial charge in [-0.1, -0.05) is 13.8 Å². The predicted molar refractivity (Wildman–Crippen MR) is 69.9 cm³/mol. The summed E-state index contributed by atoms with van der Waals surface area (Å²) in [6, 6.07) is 0.0910. The number of amides is 2. The third kappa shape index (κ3) is 4.10. The van der Waals surface area contributed by atoms with Crippen LogP contribution in [-0.4, -0.2) is 42.1 Å². The number of carbonyl (C=O) groups is 2. The van der Waals surface area contributed by atoms with Crippen LogP contribution in [0, 0.1) is 5.92 Å². The van der Waals surface area contributed by atoms with E-state index < -0.39 is 0 Å². The molecule has 18 heavy (non-hydrogen) atoms. The molecule has 0 fully saturated rings. The van der Waals surface area contributed by atoms with E-state index in [9.17, 15) is 9.59 Å². The summed E-state index contributed by atoms with van der Waals surface area (Å²) in [5.74, 6) is 0.127. The van der Waals surface area contributed by atoms with Crippen molar-refractivity contribution in [2.75, 3.05) is 13.6 Å². The van der Waals surface area contributed by atoms with E-state index in [0.717, 1.165) is 6.42 Å². The Bertz CT molecular complexity index is 352. The second-order valence-electron chi connectivity index (χ2n) is 5.02. The van der Waals surface area contributed by atoms with E-state index in [1.807, 2.05) is 0 Å². The molecule has 6 heteroatoms. The molecule has 1 rings (SSSR count). The summed E-state index contributed by atoms with van der Waals surface area (Å²) in [6.07, 6.45) is 1.49. The van der Waals surface area contributed by atoms with E-state index in [1.54, 1.807) is 11.9 Å². The average Bonchev–Trinajstić information content (AvgIpc) is 2.35. The van der Waals surface area contributed by atoms with E-state index in [4.69, 9.17) is 5.73 Å². The summed E-state index contributed by atoms with van der Waals surface area (Å²) in [5, 5.41) is 3.79. The first kappa shape index (κ1) is 14.6. The first-order valence-corrected chi connectivity index (χ1v) is 6.28. The van der Waals surface area contributed by atoms with Gasteiger partial charge in [0, 0.05) is 32.5 Å². The van der Waals surface area contributed by atoms with Crippen molar-refractivity contribution in [3.8, 4) is 0 Å². The van der Waals surface area contributed by atoms with Gasteiger partial charge in [0.25, 0.3) is 5.91 Å². The maximum atomic E-state index is 12.0. The third-order valence-corrected chi connectivity index (χ3v) is 3.15. The van der Waals surface area contributed by atoms with Crippen LogP contribution in [-0.2, 0) is 9.59 Å². The van der Waals surface area contributed by atoms with Crippen LogP contribution in [0.1, 0.15) is 33.1 Å². The molecule has 0 aromatic rings. The van der Waals surface area contributed by atoms with E-state index in [-0.39, 0.29) is 17.9 Å². The third-order valence-electron chi connectivity index (χ3n) is 3.15. The highest BCUT2D eigenvalue weighted by molar-refractivity contribution is 6.39. The Balaban J connectivity index is 2.44. The standard InChI is InChI=1S/C12H22N4O2/c1-8(2)9(13)6-7-16(3)12(18)10-4-5-11(17)15-14-10/h8-9H,4-7,13H2,1-3H3,(H,15,17). The SMILES string of the molecule is CC(C)C(N)CCN(C)C(=O)C1=NNC(=O)CC1. The lowest BCUT2D eigenvalue weighted by Gasteiger charge is -2.22. The Kier molecular flexibility index (Phi) is 5.27. The number of rotatable bonds is 5. The van der Waals surface area contributed by atoms with E-state index in [0.29, 0.717) is 31.0 Å². The molecule has 102 valence electrons. The van der Waals surface area contributed by atoms with Gasteiger partial charge in [-0.15, -0.1) is 0 Å². The molecule has 0 aromatic heterocycles. The molecule has 0 bridgehead atoms. The molecule has 0 saturated carbocycles. The van der Waals surface area contributed by atoms with E-state index >= 15 is 0 Å². The smallest absolute Gasteiger partial charge is 0.269 e. The van der Waals surface area contributed by atoms with Gasteiger partial charge in [0.05, 0.1) is 0 Å². The number of nitrogens with one attached hydrogen (secondary N) is 1. The molecule has 0 saturated heterocycles. The summed E-state index contributed by atoms with van der Waals surface area (Å²) in [7, 11) is 1.73. The Hall–Kier alpha value is -1.43. The minimum atomic E-state index is -0.143. The Morgan fingerprint density at radius 2 is 2.17 bits per heavy atom. The van der Waals surface area contributed by atoms with Crippen LogP contribution in [0.15, 0.2) is 5.10 Å². The molecule has 1 heterocycles. The van der Waals surface area contributed by atoms with Gasteiger partial charge >= 0.3 is 0 Å². The fourth-order valence-corrected chi connectivity index (χ4v) is 1.63. The number of hydrogen-bond acceptors (Lipinski definition) is 4. The second kappa shape index (κ2) is 6.49. The lowest BCUT2D eigenvalue weighted by Crippen LogP contribution is -2.40. The molecular weight excluding hydrogens is 232 g/mol. The number of carbonyl (C=O) groups excluding carboxylic acids is 2. The topological polar surface area (TPSA) is 87.8 Å². The van der Waals surface area contributed by atoms with Gasteiger partial charge in [-0.3, -0.25) is 9.59 Å². The van der Waals surface area contributed by atoms with Crippen LogP contribution in [0.4, 0.5) is 0 Å². The van der Waals surface area contributed by atoms with Crippen molar-refractivity contribution >= 4 is 17.5 Å². The van der Waals surface area contributed by atoms with Crippen molar-refractivity contribution in [2.24, 2.45) is 16.8 Å². The van der Waals surface area contributed by atoms with Gasteiger partial charge in [0.15, 0.2) is 0 Å². The highest BCUT2D eigenvalue weighted by atomic mass is 16.2. The molecule has 0 aromatic carbocycles. The number of nitrogens with zero attached hydrogens (tertiary/aromatic N) is 2.